The number of halogens is 1. The van der Waals surface area contributed by atoms with Gasteiger partial charge in [0.05, 0.1) is 6.61 Å². The first-order valence-corrected chi connectivity index (χ1v) is 4.51. The quantitative estimate of drug-likeness (QED) is 0.471. The molecule has 0 spiro atoms. The summed E-state index contributed by atoms with van der Waals surface area (Å²) < 4.78 is 10.9. The zero-order valence-corrected chi connectivity index (χ0v) is 8.82. The molecule has 1 heterocycles. The average Bonchev–Trinajstić information content (AvgIpc) is 2.05. The fourth-order valence-corrected chi connectivity index (χ4v) is 0.973. The van der Waals surface area contributed by atoms with Gasteiger partial charge in [0.2, 0.25) is 0 Å². The molecule has 1 rings (SSSR count). The van der Waals surface area contributed by atoms with E-state index < -0.39 is 0 Å². The standard InChI is InChI=1S/C7H9IN2O2/c1-11-4-5-12-7-9-3-2-6(8)10-7/h2-3H,4-5H2,1H3. The van der Waals surface area contributed by atoms with Crippen LogP contribution in [0.1, 0.15) is 0 Å². The third-order valence-corrected chi connectivity index (χ3v) is 1.72. The van der Waals surface area contributed by atoms with Gasteiger partial charge >= 0.3 is 6.01 Å². The van der Waals surface area contributed by atoms with Gasteiger partial charge in [0.15, 0.2) is 0 Å². The van der Waals surface area contributed by atoms with Crippen LogP contribution < -0.4 is 4.74 Å². The second-order valence-electron chi connectivity index (χ2n) is 2.00. The van der Waals surface area contributed by atoms with Gasteiger partial charge in [0.25, 0.3) is 0 Å². The van der Waals surface area contributed by atoms with Gasteiger partial charge in [-0.1, -0.05) is 0 Å². The maximum Gasteiger partial charge on any atom is 0.317 e. The molecule has 0 unspecified atom stereocenters. The Kier molecular flexibility index (Phi) is 4.23. The molecule has 12 heavy (non-hydrogen) atoms. The van der Waals surface area contributed by atoms with Crippen LogP contribution in [0.4, 0.5) is 0 Å². The molecule has 0 fully saturated rings. The van der Waals surface area contributed by atoms with Gasteiger partial charge in [-0.2, -0.15) is 4.98 Å². The van der Waals surface area contributed by atoms with E-state index in [1.165, 1.54) is 0 Å². The van der Waals surface area contributed by atoms with Gasteiger partial charge in [-0.3, -0.25) is 0 Å². The average molecular weight is 280 g/mol. The molecule has 1 aromatic heterocycles. The summed E-state index contributed by atoms with van der Waals surface area (Å²) in [4.78, 5) is 7.96. The second-order valence-corrected chi connectivity index (χ2v) is 3.11. The smallest absolute Gasteiger partial charge is 0.317 e. The van der Waals surface area contributed by atoms with E-state index in [0.717, 1.165) is 3.70 Å². The summed E-state index contributed by atoms with van der Waals surface area (Å²) in [7, 11) is 1.62. The van der Waals surface area contributed by atoms with E-state index in [0.29, 0.717) is 19.2 Å². The summed E-state index contributed by atoms with van der Waals surface area (Å²) in [6.45, 7) is 1.03. The predicted molar refractivity (Wildman–Crippen MR) is 52.1 cm³/mol. The molecule has 0 amide bonds. The first kappa shape index (κ1) is 9.66. The number of aromatic nitrogens is 2. The van der Waals surface area contributed by atoms with Crippen molar-refractivity contribution >= 4 is 22.6 Å². The van der Waals surface area contributed by atoms with Gasteiger partial charge in [-0.05, 0) is 28.7 Å². The van der Waals surface area contributed by atoms with E-state index in [-0.39, 0.29) is 0 Å². The zero-order valence-electron chi connectivity index (χ0n) is 6.66. The van der Waals surface area contributed by atoms with E-state index in [2.05, 4.69) is 32.6 Å². The Bertz CT molecular complexity index is 245. The highest BCUT2D eigenvalue weighted by Crippen LogP contribution is 2.04. The van der Waals surface area contributed by atoms with Crippen LogP contribution in [0.25, 0.3) is 0 Å². The zero-order chi connectivity index (χ0) is 8.81. The van der Waals surface area contributed by atoms with Crippen LogP contribution in [-0.4, -0.2) is 30.3 Å². The summed E-state index contributed by atoms with van der Waals surface area (Å²) >= 11 is 2.10. The van der Waals surface area contributed by atoms with Gasteiger partial charge in [0.1, 0.15) is 10.3 Å². The molecule has 0 aliphatic rings. The minimum atomic E-state index is 0.402. The number of ether oxygens (including phenoxy) is 2. The lowest BCUT2D eigenvalue weighted by molar-refractivity contribution is 0.140. The SMILES string of the molecule is COCCOc1nccc(I)n1. The Balaban J connectivity index is 2.41. The Morgan fingerprint density at radius 2 is 2.33 bits per heavy atom. The number of methoxy groups -OCH3 is 1. The maximum absolute atomic E-state index is 5.18. The van der Waals surface area contributed by atoms with Crippen molar-refractivity contribution in [2.24, 2.45) is 0 Å². The molecule has 0 saturated carbocycles. The summed E-state index contributed by atoms with van der Waals surface area (Å²) in [5.74, 6) is 0. The van der Waals surface area contributed by atoms with Crippen molar-refractivity contribution in [3.8, 4) is 6.01 Å². The van der Waals surface area contributed by atoms with Crippen LogP contribution >= 0.6 is 22.6 Å². The molecule has 0 aromatic carbocycles. The first-order valence-electron chi connectivity index (χ1n) is 3.43. The number of hydrogen-bond donors (Lipinski definition) is 0. The molecule has 0 atom stereocenters. The molecule has 5 heteroatoms. The van der Waals surface area contributed by atoms with E-state index in [1.807, 2.05) is 6.07 Å². The van der Waals surface area contributed by atoms with E-state index in [9.17, 15) is 0 Å². The van der Waals surface area contributed by atoms with Gasteiger partial charge < -0.3 is 9.47 Å². The van der Waals surface area contributed by atoms with Crippen molar-refractivity contribution in [3.63, 3.8) is 0 Å². The molecule has 0 bridgehead atoms. The van der Waals surface area contributed by atoms with Crippen molar-refractivity contribution in [3.05, 3.63) is 16.0 Å². The Labute approximate surface area is 84.5 Å². The molecule has 0 N–H and O–H groups in total. The van der Waals surface area contributed by atoms with Crippen LogP contribution in [-0.2, 0) is 4.74 Å². The molecular formula is C7H9IN2O2. The minimum absolute atomic E-state index is 0.402. The van der Waals surface area contributed by atoms with Crippen molar-refractivity contribution in [2.45, 2.75) is 0 Å². The summed E-state index contributed by atoms with van der Waals surface area (Å²) in [6.07, 6.45) is 1.66. The van der Waals surface area contributed by atoms with Crippen molar-refractivity contribution in [2.75, 3.05) is 20.3 Å². The third kappa shape index (κ3) is 3.31. The largest absolute Gasteiger partial charge is 0.461 e. The van der Waals surface area contributed by atoms with Crippen LogP contribution in [0.5, 0.6) is 6.01 Å². The van der Waals surface area contributed by atoms with Crippen molar-refractivity contribution in [1.29, 1.82) is 0 Å². The number of hydrogen-bond acceptors (Lipinski definition) is 4. The monoisotopic (exact) mass is 280 g/mol. The number of nitrogens with zero attached hydrogens (tertiary/aromatic N) is 2. The minimum Gasteiger partial charge on any atom is -0.461 e. The first-order chi connectivity index (χ1) is 5.83. The molecule has 0 aliphatic carbocycles. The lowest BCUT2D eigenvalue weighted by atomic mass is 10.7. The fourth-order valence-electron chi connectivity index (χ4n) is 0.606. The highest BCUT2D eigenvalue weighted by Gasteiger charge is 1.96. The van der Waals surface area contributed by atoms with Crippen LogP contribution in [0.3, 0.4) is 0 Å². The fraction of sp³-hybridized carbons (Fsp3) is 0.429. The van der Waals surface area contributed by atoms with Crippen LogP contribution in [0.2, 0.25) is 0 Å². The molecule has 4 nitrogen and oxygen atoms in total. The third-order valence-electron chi connectivity index (χ3n) is 1.12. The summed E-state index contributed by atoms with van der Waals surface area (Å²) in [5, 5.41) is 0. The van der Waals surface area contributed by atoms with Crippen LogP contribution in [0, 0.1) is 3.70 Å². The molecular weight excluding hydrogens is 271 g/mol. The lowest BCUT2D eigenvalue weighted by Gasteiger charge is -2.02. The van der Waals surface area contributed by atoms with E-state index in [1.54, 1.807) is 13.3 Å². The van der Waals surface area contributed by atoms with E-state index in [4.69, 9.17) is 9.47 Å². The maximum atomic E-state index is 5.18. The Morgan fingerprint density at radius 1 is 1.50 bits per heavy atom. The molecule has 66 valence electrons. The van der Waals surface area contributed by atoms with E-state index >= 15 is 0 Å². The number of rotatable bonds is 4. The molecule has 1 aromatic rings. The molecule has 0 aliphatic heterocycles. The lowest BCUT2D eigenvalue weighted by Crippen LogP contribution is -2.06. The highest BCUT2D eigenvalue weighted by atomic mass is 127. The van der Waals surface area contributed by atoms with Crippen LogP contribution in [0.15, 0.2) is 12.3 Å². The summed E-state index contributed by atoms with van der Waals surface area (Å²) in [6, 6.07) is 2.21. The molecule has 0 radical (unpaired) electrons. The predicted octanol–water partition coefficient (Wildman–Crippen LogP) is 1.11. The summed E-state index contributed by atoms with van der Waals surface area (Å²) in [5.41, 5.74) is 0. The van der Waals surface area contributed by atoms with Crippen molar-refractivity contribution in [1.82, 2.24) is 9.97 Å². The topological polar surface area (TPSA) is 44.2 Å². The normalized spacial score (nSPS) is 9.83. The van der Waals surface area contributed by atoms with Gasteiger partial charge in [-0.15, -0.1) is 0 Å². The Hall–Kier alpha value is -0.430. The van der Waals surface area contributed by atoms with Gasteiger partial charge in [0, 0.05) is 13.3 Å². The van der Waals surface area contributed by atoms with Crippen molar-refractivity contribution < 1.29 is 9.47 Å². The second kappa shape index (κ2) is 5.26. The highest BCUT2D eigenvalue weighted by molar-refractivity contribution is 14.1. The molecule has 0 saturated heterocycles. The Morgan fingerprint density at radius 3 is 3.00 bits per heavy atom. The van der Waals surface area contributed by atoms with Gasteiger partial charge in [-0.25, -0.2) is 4.98 Å².